The standard InChI is InChI=1S/C23H33N3O3S/c1-18-6-8-20(9-7-18)24-23(27)17-25-15-12-19-16-21(10-11-22(19)25)30(28,29)26-13-4-2-3-5-14-26/h10-12,15-16,18,20H,2-9,13-14,17H2,1H3,(H,24,27). The Balaban J connectivity index is 1.46. The normalized spacial score (nSPS) is 23.9. The van der Waals surface area contributed by atoms with E-state index in [1.807, 2.05) is 22.9 Å². The fourth-order valence-electron chi connectivity index (χ4n) is 4.74. The predicted octanol–water partition coefficient (Wildman–Crippen LogP) is 3.90. The highest BCUT2D eigenvalue weighted by atomic mass is 32.2. The van der Waals surface area contributed by atoms with Crippen LogP contribution in [0.1, 0.15) is 58.3 Å². The van der Waals surface area contributed by atoms with E-state index in [1.54, 1.807) is 16.4 Å². The first-order valence-corrected chi connectivity index (χ1v) is 12.8. The number of fused-ring (bicyclic) bond motifs is 1. The van der Waals surface area contributed by atoms with Gasteiger partial charge in [-0.05, 0) is 68.7 Å². The zero-order valence-electron chi connectivity index (χ0n) is 17.8. The fraction of sp³-hybridized carbons (Fsp3) is 0.609. The molecule has 0 spiro atoms. The Kier molecular flexibility index (Phi) is 6.48. The van der Waals surface area contributed by atoms with Crippen molar-refractivity contribution < 1.29 is 13.2 Å². The van der Waals surface area contributed by atoms with Crippen molar-refractivity contribution in [3.63, 3.8) is 0 Å². The number of carbonyl (C=O) groups is 1. The van der Waals surface area contributed by atoms with Crippen LogP contribution in [0.4, 0.5) is 0 Å². The second-order valence-electron chi connectivity index (χ2n) is 9.01. The summed E-state index contributed by atoms with van der Waals surface area (Å²) in [5.41, 5.74) is 0.886. The van der Waals surface area contributed by atoms with E-state index < -0.39 is 10.0 Å². The lowest BCUT2D eigenvalue weighted by Gasteiger charge is -2.27. The summed E-state index contributed by atoms with van der Waals surface area (Å²) in [4.78, 5) is 12.9. The molecule has 1 N–H and O–H groups in total. The third-order valence-corrected chi connectivity index (χ3v) is 8.53. The number of sulfonamides is 1. The van der Waals surface area contributed by atoms with Crippen LogP contribution in [0.3, 0.4) is 0 Å². The van der Waals surface area contributed by atoms with Crippen molar-refractivity contribution in [3.05, 3.63) is 30.5 Å². The number of rotatable bonds is 5. The zero-order chi connectivity index (χ0) is 21.1. The maximum absolute atomic E-state index is 13.1. The maximum atomic E-state index is 13.1. The molecule has 7 heteroatoms. The Bertz CT molecular complexity index is 982. The Morgan fingerprint density at radius 3 is 2.43 bits per heavy atom. The smallest absolute Gasteiger partial charge is 0.243 e. The molecule has 1 aliphatic carbocycles. The summed E-state index contributed by atoms with van der Waals surface area (Å²) < 4.78 is 29.7. The topological polar surface area (TPSA) is 71.4 Å². The van der Waals surface area contributed by atoms with Crippen LogP contribution >= 0.6 is 0 Å². The van der Waals surface area contributed by atoms with Crippen LogP contribution in [0, 0.1) is 5.92 Å². The highest BCUT2D eigenvalue weighted by Crippen LogP contribution is 2.26. The molecule has 4 rings (SSSR count). The van der Waals surface area contributed by atoms with Crippen LogP contribution < -0.4 is 5.32 Å². The molecule has 1 saturated heterocycles. The third-order valence-electron chi connectivity index (χ3n) is 6.64. The molecule has 0 unspecified atom stereocenters. The summed E-state index contributed by atoms with van der Waals surface area (Å²) in [7, 11) is -3.47. The van der Waals surface area contributed by atoms with Gasteiger partial charge in [0.15, 0.2) is 0 Å². The molecule has 6 nitrogen and oxygen atoms in total. The Labute approximate surface area is 179 Å². The van der Waals surface area contributed by atoms with Gasteiger partial charge in [-0.2, -0.15) is 4.31 Å². The third kappa shape index (κ3) is 4.72. The molecule has 0 atom stereocenters. The molecule has 164 valence electrons. The van der Waals surface area contributed by atoms with Crippen LogP contribution in [0.15, 0.2) is 35.4 Å². The van der Waals surface area contributed by atoms with Gasteiger partial charge >= 0.3 is 0 Å². The van der Waals surface area contributed by atoms with Gasteiger partial charge in [0.1, 0.15) is 6.54 Å². The summed E-state index contributed by atoms with van der Waals surface area (Å²) in [6, 6.07) is 7.43. The molecular formula is C23H33N3O3S. The van der Waals surface area contributed by atoms with E-state index in [-0.39, 0.29) is 18.5 Å². The van der Waals surface area contributed by atoms with E-state index in [0.717, 1.165) is 55.3 Å². The molecule has 0 radical (unpaired) electrons. The molecule has 2 aliphatic rings. The molecular weight excluding hydrogens is 398 g/mol. The molecule has 1 amide bonds. The van der Waals surface area contributed by atoms with Gasteiger partial charge in [-0.25, -0.2) is 8.42 Å². The van der Waals surface area contributed by atoms with Crippen molar-refractivity contribution in [2.24, 2.45) is 5.92 Å². The first kappa shape index (κ1) is 21.4. The predicted molar refractivity (Wildman–Crippen MR) is 119 cm³/mol. The van der Waals surface area contributed by atoms with Crippen molar-refractivity contribution in [1.29, 1.82) is 0 Å². The summed E-state index contributed by atoms with van der Waals surface area (Å²) in [6.45, 7) is 3.72. The lowest BCUT2D eigenvalue weighted by Crippen LogP contribution is -2.39. The summed E-state index contributed by atoms with van der Waals surface area (Å²) in [5, 5.41) is 4.02. The average molecular weight is 432 g/mol. The Morgan fingerprint density at radius 1 is 1.03 bits per heavy atom. The zero-order valence-corrected chi connectivity index (χ0v) is 18.7. The van der Waals surface area contributed by atoms with Gasteiger partial charge in [0.2, 0.25) is 15.9 Å². The summed E-state index contributed by atoms with van der Waals surface area (Å²) in [6.07, 6.45) is 10.4. The van der Waals surface area contributed by atoms with Gasteiger partial charge in [0, 0.05) is 36.2 Å². The van der Waals surface area contributed by atoms with Crippen molar-refractivity contribution in [1.82, 2.24) is 14.2 Å². The molecule has 1 aliphatic heterocycles. The maximum Gasteiger partial charge on any atom is 0.243 e. The minimum Gasteiger partial charge on any atom is -0.352 e. The quantitative estimate of drug-likeness (QED) is 0.780. The molecule has 2 fully saturated rings. The first-order chi connectivity index (χ1) is 14.4. The number of nitrogens with zero attached hydrogens (tertiary/aromatic N) is 2. The monoisotopic (exact) mass is 431 g/mol. The highest BCUT2D eigenvalue weighted by molar-refractivity contribution is 7.89. The molecule has 1 saturated carbocycles. The summed E-state index contributed by atoms with van der Waals surface area (Å²) in [5.74, 6) is 0.777. The Hall–Kier alpha value is -1.86. The summed E-state index contributed by atoms with van der Waals surface area (Å²) >= 11 is 0. The van der Waals surface area contributed by atoms with Crippen LogP contribution in [0.5, 0.6) is 0 Å². The van der Waals surface area contributed by atoms with Gasteiger partial charge in [-0.1, -0.05) is 19.8 Å². The second kappa shape index (κ2) is 9.10. The Morgan fingerprint density at radius 2 is 1.73 bits per heavy atom. The van der Waals surface area contributed by atoms with Crippen molar-refractivity contribution in [3.8, 4) is 0 Å². The number of nitrogens with one attached hydrogen (secondary N) is 1. The minimum atomic E-state index is -3.47. The van der Waals surface area contributed by atoms with Crippen LogP contribution in [-0.4, -0.2) is 42.3 Å². The van der Waals surface area contributed by atoms with Gasteiger partial charge in [-0.3, -0.25) is 4.79 Å². The number of aromatic nitrogens is 1. The van der Waals surface area contributed by atoms with Gasteiger partial charge in [0.05, 0.1) is 4.90 Å². The molecule has 1 aromatic carbocycles. The molecule has 2 aromatic rings. The number of hydrogen-bond donors (Lipinski definition) is 1. The van der Waals surface area contributed by atoms with Crippen LogP contribution in [-0.2, 0) is 21.4 Å². The van der Waals surface area contributed by atoms with Gasteiger partial charge in [0.25, 0.3) is 0 Å². The number of amides is 1. The first-order valence-electron chi connectivity index (χ1n) is 11.3. The lowest BCUT2D eigenvalue weighted by atomic mass is 9.87. The van der Waals surface area contributed by atoms with Gasteiger partial charge in [-0.15, -0.1) is 0 Å². The van der Waals surface area contributed by atoms with Gasteiger partial charge < -0.3 is 9.88 Å². The van der Waals surface area contributed by atoms with Crippen molar-refractivity contribution in [2.45, 2.75) is 75.8 Å². The van der Waals surface area contributed by atoms with E-state index in [9.17, 15) is 13.2 Å². The lowest BCUT2D eigenvalue weighted by molar-refractivity contribution is -0.122. The highest BCUT2D eigenvalue weighted by Gasteiger charge is 2.25. The number of carbonyl (C=O) groups excluding carboxylic acids is 1. The van der Waals surface area contributed by atoms with Crippen molar-refractivity contribution >= 4 is 26.8 Å². The average Bonchev–Trinajstić information content (AvgIpc) is 2.93. The van der Waals surface area contributed by atoms with Crippen molar-refractivity contribution in [2.75, 3.05) is 13.1 Å². The van der Waals surface area contributed by atoms with E-state index in [2.05, 4.69) is 12.2 Å². The van der Waals surface area contributed by atoms with E-state index in [0.29, 0.717) is 18.0 Å². The van der Waals surface area contributed by atoms with E-state index >= 15 is 0 Å². The van der Waals surface area contributed by atoms with Crippen LogP contribution in [0.25, 0.3) is 10.9 Å². The molecule has 1 aromatic heterocycles. The van der Waals surface area contributed by atoms with E-state index in [1.165, 1.54) is 12.8 Å². The largest absolute Gasteiger partial charge is 0.352 e. The SMILES string of the molecule is CC1CCC(NC(=O)Cn2ccc3cc(S(=O)(=O)N4CCCCCC4)ccc32)CC1. The molecule has 0 bridgehead atoms. The second-order valence-corrected chi connectivity index (χ2v) is 10.9. The molecule has 2 heterocycles. The molecule has 30 heavy (non-hydrogen) atoms. The van der Waals surface area contributed by atoms with E-state index in [4.69, 9.17) is 0 Å². The fourth-order valence-corrected chi connectivity index (χ4v) is 6.29. The number of hydrogen-bond acceptors (Lipinski definition) is 3. The van der Waals surface area contributed by atoms with Crippen LogP contribution in [0.2, 0.25) is 0 Å². The number of benzene rings is 1. The minimum absolute atomic E-state index is 0.0216.